The lowest BCUT2D eigenvalue weighted by molar-refractivity contribution is -0.157. The SMILES string of the molecule is CCOC(=O)[C@@]12CCCN(Cc3ccc(C)o3)C[C@@H]1CN(CCN(C)C)C2. The second-order valence-corrected chi connectivity index (χ2v) is 8.46. The second-order valence-electron chi connectivity index (χ2n) is 8.46. The summed E-state index contributed by atoms with van der Waals surface area (Å²) in [7, 11) is 4.20. The van der Waals surface area contributed by atoms with Crippen molar-refractivity contribution in [1.29, 1.82) is 0 Å². The Morgan fingerprint density at radius 2 is 2.11 bits per heavy atom. The number of carbonyl (C=O) groups is 1. The minimum atomic E-state index is -0.351. The maximum Gasteiger partial charge on any atom is 0.313 e. The van der Waals surface area contributed by atoms with E-state index in [9.17, 15) is 4.79 Å². The van der Waals surface area contributed by atoms with Crippen molar-refractivity contribution in [1.82, 2.24) is 14.7 Å². The van der Waals surface area contributed by atoms with E-state index in [-0.39, 0.29) is 11.4 Å². The van der Waals surface area contributed by atoms with Gasteiger partial charge in [-0.15, -0.1) is 0 Å². The predicted octanol–water partition coefficient (Wildman–Crippen LogP) is 2.23. The molecule has 2 atom stereocenters. The molecule has 2 saturated heterocycles. The molecule has 0 bridgehead atoms. The lowest BCUT2D eigenvalue weighted by Gasteiger charge is -2.31. The smallest absolute Gasteiger partial charge is 0.313 e. The molecule has 6 nitrogen and oxygen atoms in total. The van der Waals surface area contributed by atoms with Crippen molar-refractivity contribution in [3.05, 3.63) is 23.7 Å². The third-order valence-corrected chi connectivity index (χ3v) is 6.06. The van der Waals surface area contributed by atoms with Gasteiger partial charge >= 0.3 is 5.97 Å². The van der Waals surface area contributed by atoms with Crippen LogP contribution in [0.2, 0.25) is 0 Å². The van der Waals surface area contributed by atoms with E-state index in [1.165, 1.54) is 0 Å². The quantitative estimate of drug-likeness (QED) is 0.679. The lowest BCUT2D eigenvalue weighted by atomic mass is 9.75. The Morgan fingerprint density at radius 1 is 1.33 bits per heavy atom. The van der Waals surface area contributed by atoms with E-state index in [0.29, 0.717) is 12.5 Å². The van der Waals surface area contributed by atoms with E-state index < -0.39 is 0 Å². The molecule has 0 spiro atoms. The summed E-state index contributed by atoms with van der Waals surface area (Å²) >= 11 is 0. The molecule has 0 N–H and O–H groups in total. The summed E-state index contributed by atoms with van der Waals surface area (Å²) in [5.41, 5.74) is -0.351. The highest BCUT2D eigenvalue weighted by Gasteiger charge is 2.53. The zero-order valence-electron chi connectivity index (χ0n) is 17.4. The monoisotopic (exact) mass is 377 g/mol. The molecule has 0 amide bonds. The van der Waals surface area contributed by atoms with Gasteiger partial charge in [0.1, 0.15) is 11.5 Å². The van der Waals surface area contributed by atoms with Crippen LogP contribution < -0.4 is 0 Å². The van der Waals surface area contributed by atoms with E-state index in [0.717, 1.165) is 70.2 Å². The van der Waals surface area contributed by atoms with Crippen LogP contribution in [0.3, 0.4) is 0 Å². The first-order chi connectivity index (χ1) is 12.9. The first kappa shape index (κ1) is 20.4. The van der Waals surface area contributed by atoms with Crippen molar-refractivity contribution >= 4 is 5.97 Å². The summed E-state index contributed by atoms with van der Waals surface area (Å²) in [5, 5.41) is 0. The number of furan rings is 1. The van der Waals surface area contributed by atoms with Gasteiger partial charge in [0, 0.05) is 38.6 Å². The van der Waals surface area contributed by atoms with Crippen LogP contribution in [0, 0.1) is 18.3 Å². The number of hydrogen-bond acceptors (Lipinski definition) is 6. The zero-order chi connectivity index (χ0) is 19.4. The molecule has 1 aromatic rings. The van der Waals surface area contributed by atoms with Crippen LogP contribution >= 0.6 is 0 Å². The largest absolute Gasteiger partial charge is 0.466 e. The molecule has 1 aromatic heterocycles. The fourth-order valence-electron chi connectivity index (χ4n) is 4.67. The van der Waals surface area contributed by atoms with Crippen molar-refractivity contribution in [2.45, 2.75) is 33.2 Å². The van der Waals surface area contributed by atoms with Gasteiger partial charge in [-0.1, -0.05) is 0 Å². The van der Waals surface area contributed by atoms with Crippen molar-refractivity contribution in [3.8, 4) is 0 Å². The summed E-state index contributed by atoms with van der Waals surface area (Å²) in [6.07, 6.45) is 1.94. The highest BCUT2D eigenvalue weighted by molar-refractivity contribution is 5.78. The van der Waals surface area contributed by atoms with Crippen LogP contribution in [-0.2, 0) is 16.1 Å². The van der Waals surface area contributed by atoms with Crippen molar-refractivity contribution in [2.24, 2.45) is 11.3 Å². The summed E-state index contributed by atoms with van der Waals surface area (Å²) in [4.78, 5) is 20.1. The van der Waals surface area contributed by atoms with Gasteiger partial charge in [-0.3, -0.25) is 9.69 Å². The van der Waals surface area contributed by atoms with Crippen LogP contribution in [-0.4, -0.2) is 80.6 Å². The summed E-state index contributed by atoms with van der Waals surface area (Å²) in [6.45, 7) is 10.9. The fourth-order valence-corrected chi connectivity index (χ4v) is 4.67. The van der Waals surface area contributed by atoms with Gasteiger partial charge in [-0.05, 0) is 59.5 Å². The Bertz CT molecular complexity index is 630. The van der Waals surface area contributed by atoms with E-state index in [1.54, 1.807) is 0 Å². The number of carbonyl (C=O) groups excluding carboxylic acids is 1. The molecule has 0 radical (unpaired) electrons. The fraction of sp³-hybridized carbons (Fsp3) is 0.762. The van der Waals surface area contributed by atoms with Crippen LogP contribution in [0.25, 0.3) is 0 Å². The zero-order valence-corrected chi connectivity index (χ0v) is 17.4. The molecule has 3 rings (SSSR count). The Morgan fingerprint density at radius 3 is 2.78 bits per heavy atom. The standard InChI is InChI=1S/C21H35N3O3/c1-5-26-20(25)21-9-6-10-23(15-19-8-7-17(2)27-19)13-18(21)14-24(16-21)12-11-22(3)4/h7-8,18H,5-6,9-16H2,1-4H3/t18-,21-/m1/s1. The number of esters is 1. The average molecular weight is 378 g/mol. The molecular formula is C21H35N3O3. The highest BCUT2D eigenvalue weighted by Crippen LogP contribution is 2.43. The predicted molar refractivity (Wildman–Crippen MR) is 106 cm³/mol. The molecule has 2 aliphatic heterocycles. The van der Waals surface area contributed by atoms with E-state index in [2.05, 4.69) is 34.9 Å². The number of hydrogen-bond donors (Lipinski definition) is 0. The van der Waals surface area contributed by atoms with Crippen LogP contribution in [0.4, 0.5) is 0 Å². The first-order valence-corrected chi connectivity index (χ1v) is 10.2. The summed E-state index contributed by atoms with van der Waals surface area (Å²) < 4.78 is 11.3. The highest BCUT2D eigenvalue weighted by atomic mass is 16.5. The van der Waals surface area contributed by atoms with Crippen molar-refractivity contribution in [3.63, 3.8) is 0 Å². The maximum atomic E-state index is 13.0. The molecule has 6 heteroatoms. The lowest BCUT2D eigenvalue weighted by Crippen LogP contribution is -2.42. The first-order valence-electron chi connectivity index (χ1n) is 10.2. The third kappa shape index (κ3) is 4.73. The van der Waals surface area contributed by atoms with Crippen LogP contribution in [0.1, 0.15) is 31.3 Å². The minimum absolute atomic E-state index is 0.0121. The normalized spacial score (nSPS) is 26.9. The van der Waals surface area contributed by atoms with Crippen LogP contribution in [0.5, 0.6) is 0 Å². The number of nitrogens with zero attached hydrogens (tertiary/aromatic N) is 3. The second kappa shape index (κ2) is 8.76. The van der Waals surface area contributed by atoms with Gasteiger partial charge < -0.3 is 19.0 Å². The summed E-state index contributed by atoms with van der Waals surface area (Å²) in [5.74, 6) is 2.30. The number of likely N-dealkylation sites (N-methyl/N-ethyl adjacent to an activating group) is 1. The van der Waals surface area contributed by atoms with Gasteiger partial charge in [-0.2, -0.15) is 0 Å². The van der Waals surface area contributed by atoms with Crippen molar-refractivity contribution < 1.29 is 13.9 Å². The Hall–Kier alpha value is -1.37. The van der Waals surface area contributed by atoms with Crippen LogP contribution in [0.15, 0.2) is 16.5 Å². The van der Waals surface area contributed by atoms with Gasteiger partial charge in [0.15, 0.2) is 0 Å². The number of fused-ring (bicyclic) bond motifs is 1. The third-order valence-electron chi connectivity index (χ3n) is 6.06. The molecule has 2 fully saturated rings. The molecular weight excluding hydrogens is 342 g/mol. The topological polar surface area (TPSA) is 49.2 Å². The molecule has 152 valence electrons. The Labute approximate surface area is 163 Å². The molecule has 0 aromatic carbocycles. The van der Waals surface area contributed by atoms with Gasteiger partial charge in [0.25, 0.3) is 0 Å². The average Bonchev–Trinajstić information content (AvgIpc) is 3.13. The van der Waals surface area contributed by atoms with Crippen molar-refractivity contribution in [2.75, 3.05) is 60.0 Å². The summed E-state index contributed by atoms with van der Waals surface area (Å²) in [6, 6.07) is 4.09. The number of likely N-dealkylation sites (tertiary alicyclic amines) is 2. The van der Waals surface area contributed by atoms with E-state index in [4.69, 9.17) is 9.15 Å². The maximum absolute atomic E-state index is 13.0. The van der Waals surface area contributed by atoms with E-state index >= 15 is 0 Å². The molecule has 0 unspecified atom stereocenters. The van der Waals surface area contributed by atoms with E-state index in [1.807, 2.05) is 19.9 Å². The Balaban J connectivity index is 1.73. The molecule has 2 aliphatic rings. The van der Waals surface area contributed by atoms with Gasteiger partial charge in [0.05, 0.1) is 18.6 Å². The van der Waals surface area contributed by atoms with Gasteiger partial charge in [-0.25, -0.2) is 0 Å². The molecule has 27 heavy (non-hydrogen) atoms. The number of rotatable bonds is 7. The molecule has 0 saturated carbocycles. The number of aryl methyl sites for hydroxylation is 1. The Kier molecular flexibility index (Phi) is 6.61. The number of ether oxygens (including phenoxy) is 1. The molecule has 0 aliphatic carbocycles. The minimum Gasteiger partial charge on any atom is -0.466 e. The van der Waals surface area contributed by atoms with Gasteiger partial charge in [0.2, 0.25) is 0 Å². The molecule has 3 heterocycles.